The van der Waals surface area contributed by atoms with Crippen molar-refractivity contribution >= 4 is 39.1 Å². The standard InChI is InChI=1S/C12H15Cl2N3O3S/c13-9-1-2-10(14)11(7-9)21(19,20)17-5-3-16(4-6-17)12(18)8-15/h1-2,7H,3-6,8,15H2. The zero-order chi connectivity index (χ0) is 15.6. The predicted octanol–water partition coefficient (Wildman–Crippen LogP) is 0.785. The molecule has 1 heterocycles. The Hall–Kier alpha value is -0.860. The average molecular weight is 352 g/mol. The number of sulfonamides is 1. The van der Waals surface area contributed by atoms with Crippen LogP contribution in [0.1, 0.15) is 0 Å². The first-order chi connectivity index (χ1) is 9.86. The highest BCUT2D eigenvalue weighted by Crippen LogP contribution is 2.28. The van der Waals surface area contributed by atoms with Crippen molar-refractivity contribution in [3.05, 3.63) is 28.2 Å². The molecule has 1 saturated heterocycles. The second-order valence-corrected chi connectivity index (χ2v) is 7.31. The predicted molar refractivity (Wildman–Crippen MR) is 80.9 cm³/mol. The maximum absolute atomic E-state index is 12.6. The highest BCUT2D eigenvalue weighted by molar-refractivity contribution is 7.89. The second kappa shape index (κ2) is 6.50. The molecule has 0 saturated carbocycles. The Morgan fingerprint density at radius 2 is 1.81 bits per heavy atom. The van der Waals surface area contributed by atoms with Crippen LogP contribution in [0.5, 0.6) is 0 Å². The fourth-order valence-electron chi connectivity index (χ4n) is 2.12. The molecule has 1 aromatic carbocycles. The Morgan fingerprint density at radius 1 is 1.19 bits per heavy atom. The summed E-state index contributed by atoms with van der Waals surface area (Å²) in [6, 6.07) is 4.31. The molecule has 0 atom stereocenters. The maximum Gasteiger partial charge on any atom is 0.244 e. The lowest BCUT2D eigenvalue weighted by Gasteiger charge is -2.34. The average Bonchev–Trinajstić information content (AvgIpc) is 2.49. The third kappa shape index (κ3) is 3.49. The molecule has 0 spiro atoms. The zero-order valence-corrected chi connectivity index (χ0v) is 13.5. The summed E-state index contributed by atoms with van der Waals surface area (Å²) in [5, 5.41) is 0.426. The number of hydrogen-bond donors (Lipinski definition) is 1. The minimum absolute atomic E-state index is 0.0183. The molecular weight excluding hydrogens is 337 g/mol. The van der Waals surface area contributed by atoms with E-state index in [2.05, 4.69) is 0 Å². The molecular formula is C12H15Cl2N3O3S. The van der Waals surface area contributed by atoms with E-state index in [4.69, 9.17) is 28.9 Å². The highest BCUT2D eigenvalue weighted by Gasteiger charge is 2.31. The molecule has 0 unspecified atom stereocenters. The minimum Gasteiger partial charge on any atom is -0.339 e. The van der Waals surface area contributed by atoms with Crippen molar-refractivity contribution in [1.29, 1.82) is 0 Å². The van der Waals surface area contributed by atoms with Crippen LogP contribution in [0.3, 0.4) is 0 Å². The number of carbonyl (C=O) groups excluding carboxylic acids is 1. The van der Waals surface area contributed by atoms with Gasteiger partial charge in [-0.15, -0.1) is 0 Å². The topological polar surface area (TPSA) is 83.7 Å². The monoisotopic (exact) mass is 351 g/mol. The quantitative estimate of drug-likeness (QED) is 0.872. The Bertz CT molecular complexity index is 643. The number of carbonyl (C=O) groups is 1. The van der Waals surface area contributed by atoms with Crippen LogP contribution in [0.15, 0.2) is 23.1 Å². The third-order valence-electron chi connectivity index (χ3n) is 3.28. The number of piperazine rings is 1. The van der Waals surface area contributed by atoms with Crippen LogP contribution in [0.4, 0.5) is 0 Å². The van der Waals surface area contributed by atoms with Crippen LogP contribution >= 0.6 is 23.2 Å². The van der Waals surface area contributed by atoms with Crippen LogP contribution in [-0.2, 0) is 14.8 Å². The summed E-state index contributed by atoms with van der Waals surface area (Å²) in [6.07, 6.45) is 0. The van der Waals surface area contributed by atoms with Crippen molar-refractivity contribution in [3.63, 3.8) is 0 Å². The first-order valence-corrected chi connectivity index (χ1v) is 8.49. The maximum atomic E-state index is 12.6. The van der Waals surface area contributed by atoms with Gasteiger partial charge < -0.3 is 10.6 Å². The van der Waals surface area contributed by atoms with Crippen molar-refractivity contribution in [1.82, 2.24) is 9.21 Å². The van der Waals surface area contributed by atoms with Gasteiger partial charge in [0.2, 0.25) is 15.9 Å². The summed E-state index contributed by atoms with van der Waals surface area (Å²) in [6.45, 7) is 0.960. The SMILES string of the molecule is NCC(=O)N1CCN(S(=O)(=O)c2cc(Cl)ccc2Cl)CC1. The van der Waals surface area contributed by atoms with Gasteiger partial charge in [-0.2, -0.15) is 4.31 Å². The molecule has 1 fully saturated rings. The van der Waals surface area contributed by atoms with Crippen molar-refractivity contribution < 1.29 is 13.2 Å². The summed E-state index contributed by atoms with van der Waals surface area (Å²) >= 11 is 11.8. The van der Waals surface area contributed by atoms with E-state index in [-0.39, 0.29) is 35.5 Å². The Balaban J connectivity index is 2.19. The lowest BCUT2D eigenvalue weighted by Crippen LogP contribution is -2.51. The third-order valence-corrected chi connectivity index (χ3v) is 5.89. The van der Waals surface area contributed by atoms with E-state index < -0.39 is 10.0 Å². The van der Waals surface area contributed by atoms with Crippen LogP contribution < -0.4 is 5.73 Å². The molecule has 0 radical (unpaired) electrons. The summed E-state index contributed by atoms with van der Waals surface area (Å²) in [5.74, 6) is -0.187. The summed E-state index contributed by atoms with van der Waals surface area (Å²) in [5.41, 5.74) is 5.30. The van der Waals surface area contributed by atoms with E-state index in [1.807, 2.05) is 0 Å². The smallest absolute Gasteiger partial charge is 0.244 e. The Labute approximate surface area is 133 Å². The van der Waals surface area contributed by atoms with Gasteiger partial charge in [-0.3, -0.25) is 4.79 Å². The van der Waals surface area contributed by atoms with Gasteiger partial charge in [0.1, 0.15) is 4.90 Å². The molecule has 1 aromatic rings. The number of nitrogens with zero attached hydrogens (tertiary/aromatic N) is 2. The molecule has 0 bridgehead atoms. The fraction of sp³-hybridized carbons (Fsp3) is 0.417. The molecule has 0 aromatic heterocycles. The summed E-state index contributed by atoms with van der Waals surface area (Å²) in [4.78, 5) is 13.0. The lowest BCUT2D eigenvalue weighted by atomic mass is 10.3. The van der Waals surface area contributed by atoms with Crippen molar-refractivity contribution in [3.8, 4) is 0 Å². The first kappa shape index (κ1) is 16.5. The van der Waals surface area contributed by atoms with Gasteiger partial charge in [-0.25, -0.2) is 8.42 Å². The van der Waals surface area contributed by atoms with Crippen molar-refractivity contribution in [2.75, 3.05) is 32.7 Å². The molecule has 2 rings (SSSR count). The van der Waals surface area contributed by atoms with Gasteiger partial charge in [0.15, 0.2) is 0 Å². The van der Waals surface area contributed by atoms with E-state index in [1.54, 1.807) is 4.90 Å². The van der Waals surface area contributed by atoms with Gasteiger partial charge in [0, 0.05) is 31.2 Å². The molecule has 21 heavy (non-hydrogen) atoms. The molecule has 116 valence electrons. The molecule has 1 amide bonds. The molecule has 9 heteroatoms. The van der Waals surface area contributed by atoms with Gasteiger partial charge in [-0.05, 0) is 18.2 Å². The van der Waals surface area contributed by atoms with Gasteiger partial charge in [0.25, 0.3) is 0 Å². The zero-order valence-electron chi connectivity index (χ0n) is 11.1. The van der Waals surface area contributed by atoms with Crippen molar-refractivity contribution in [2.24, 2.45) is 5.73 Å². The Kier molecular flexibility index (Phi) is 5.11. The van der Waals surface area contributed by atoms with Gasteiger partial charge in [0.05, 0.1) is 11.6 Å². The molecule has 6 nitrogen and oxygen atoms in total. The minimum atomic E-state index is -3.72. The molecule has 1 aliphatic heterocycles. The Morgan fingerprint density at radius 3 is 2.38 bits per heavy atom. The largest absolute Gasteiger partial charge is 0.339 e. The van der Waals surface area contributed by atoms with E-state index in [9.17, 15) is 13.2 Å². The molecule has 1 aliphatic rings. The van der Waals surface area contributed by atoms with Crippen LogP contribution in [0.2, 0.25) is 10.0 Å². The normalized spacial score (nSPS) is 17.0. The summed E-state index contributed by atoms with van der Waals surface area (Å²) < 4.78 is 26.4. The first-order valence-electron chi connectivity index (χ1n) is 6.29. The van der Waals surface area contributed by atoms with E-state index >= 15 is 0 Å². The van der Waals surface area contributed by atoms with E-state index in [0.717, 1.165) is 0 Å². The summed E-state index contributed by atoms with van der Waals surface area (Å²) in [7, 11) is -3.72. The number of amides is 1. The van der Waals surface area contributed by atoms with Crippen LogP contribution in [0.25, 0.3) is 0 Å². The van der Waals surface area contributed by atoms with Gasteiger partial charge in [-0.1, -0.05) is 23.2 Å². The number of benzene rings is 1. The number of halogens is 2. The highest BCUT2D eigenvalue weighted by atomic mass is 35.5. The van der Waals surface area contributed by atoms with E-state index in [1.165, 1.54) is 22.5 Å². The lowest BCUT2D eigenvalue weighted by molar-refractivity contribution is -0.130. The second-order valence-electron chi connectivity index (χ2n) is 4.56. The molecule has 0 aliphatic carbocycles. The fourth-order valence-corrected chi connectivity index (χ4v) is 4.28. The number of nitrogens with two attached hydrogens (primary N) is 1. The number of rotatable bonds is 3. The van der Waals surface area contributed by atoms with Crippen LogP contribution in [-0.4, -0.2) is 56.3 Å². The molecule has 2 N–H and O–H groups in total. The van der Waals surface area contributed by atoms with Crippen molar-refractivity contribution in [2.45, 2.75) is 4.90 Å². The van der Waals surface area contributed by atoms with Crippen LogP contribution in [0, 0.1) is 0 Å². The number of hydrogen-bond acceptors (Lipinski definition) is 4. The van der Waals surface area contributed by atoms with E-state index in [0.29, 0.717) is 18.1 Å². The van der Waals surface area contributed by atoms with Gasteiger partial charge >= 0.3 is 0 Å².